The van der Waals surface area contributed by atoms with Crippen molar-refractivity contribution in [3.63, 3.8) is 0 Å². The van der Waals surface area contributed by atoms with Crippen LogP contribution in [-0.2, 0) is 4.79 Å². The number of hydrogen-bond donors (Lipinski definition) is 1. The van der Waals surface area contributed by atoms with E-state index >= 15 is 0 Å². The summed E-state index contributed by atoms with van der Waals surface area (Å²) in [4.78, 5) is 13.5. The summed E-state index contributed by atoms with van der Waals surface area (Å²) >= 11 is 4.66. The number of carbonyl (C=O) groups excluding carboxylic acids is 1. The Balaban J connectivity index is 4.33. The Morgan fingerprint density at radius 2 is 1.93 bits per heavy atom. The van der Waals surface area contributed by atoms with Crippen molar-refractivity contribution >= 4 is 18.5 Å². The lowest BCUT2D eigenvalue weighted by atomic mass is 9.97. The van der Waals surface area contributed by atoms with Crippen molar-refractivity contribution in [1.82, 2.24) is 4.90 Å². The van der Waals surface area contributed by atoms with E-state index in [1.807, 2.05) is 18.7 Å². The molecule has 0 aliphatic heterocycles. The number of hydrogen-bond acceptors (Lipinski definition) is 2. The van der Waals surface area contributed by atoms with Gasteiger partial charge in [-0.3, -0.25) is 4.79 Å². The second kappa shape index (κ2) is 6.41. The van der Waals surface area contributed by atoms with Crippen LogP contribution in [0.2, 0.25) is 0 Å². The SMILES string of the molecule is CCC(=O)N(CC)CC(C)(S)CC(C)C. The normalized spacial score (nSPS) is 15.1. The second-order valence-electron chi connectivity index (χ2n) is 4.86. The lowest BCUT2D eigenvalue weighted by molar-refractivity contribution is -0.131. The third kappa shape index (κ3) is 6.08. The van der Waals surface area contributed by atoms with Gasteiger partial charge in [0.15, 0.2) is 0 Å². The monoisotopic (exact) mass is 231 g/mol. The molecule has 0 spiro atoms. The van der Waals surface area contributed by atoms with Gasteiger partial charge in [-0.05, 0) is 26.2 Å². The van der Waals surface area contributed by atoms with Crippen molar-refractivity contribution in [3.05, 3.63) is 0 Å². The first-order valence-electron chi connectivity index (χ1n) is 5.82. The van der Waals surface area contributed by atoms with Crippen molar-refractivity contribution in [2.24, 2.45) is 5.92 Å². The van der Waals surface area contributed by atoms with Crippen LogP contribution in [0.4, 0.5) is 0 Å². The number of nitrogens with zero attached hydrogens (tertiary/aromatic N) is 1. The maximum atomic E-state index is 11.6. The van der Waals surface area contributed by atoms with Gasteiger partial charge in [0.1, 0.15) is 0 Å². The second-order valence-corrected chi connectivity index (χ2v) is 5.94. The van der Waals surface area contributed by atoms with E-state index in [-0.39, 0.29) is 10.7 Å². The molecule has 0 radical (unpaired) electrons. The van der Waals surface area contributed by atoms with Crippen LogP contribution in [0.1, 0.15) is 47.5 Å². The van der Waals surface area contributed by atoms with E-state index in [0.29, 0.717) is 12.3 Å². The molecule has 15 heavy (non-hydrogen) atoms. The van der Waals surface area contributed by atoms with Crippen molar-refractivity contribution in [1.29, 1.82) is 0 Å². The molecule has 1 atom stereocenters. The first kappa shape index (κ1) is 14.8. The molecule has 0 heterocycles. The molecule has 0 bridgehead atoms. The molecule has 0 aliphatic carbocycles. The van der Waals surface area contributed by atoms with Crippen LogP contribution in [-0.4, -0.2) is 28.6 Å². The third-order valence-corrected chi connectivity index (χ3v) is 2.74. The van der Waals surface area contributed by atoms with Gasteiger partial charge >= 0.3 is 0 Å². The van der Waals surface area contributed by atoms with Crippen LogP contribution in [0.3, 0.4) is 0 Å². The Morgan fingerprint density at radius 1 is 1.40 bits per heavy atom. The van der Waals surface area contributed by atoms with Gasteiger partial charge in [-0.25, -0.2) is 0 Å². The predicted octanol–water partition coefficient (Wildman–Crippen LogP) is 2.98. The van der Waals surface area contributed by atoms with E-state index in [9.17, 15) is 4.79 Å². The summed E-state index contributed by atoms with van der Waals surface area (Å²) in [7, 11) is 0. The van der Waals surface area contributed by atoms with Crippen molar-refractivity contribution < 1.29 is 4.79 Å². The highest BCUT2D eigenvalue weighted by molar-refractivity contribution is 7.81. The average molecular weight is 231 g/mol. The quantitative estimate of drug-likeness (QED) is 0.697. The molecule has 0 saturated carbocycles. The van der Waals surface area contributed by atoms with Crippen LogP contribution < -0.4 is 0 Å². The Kier molecular flexibility index (Phi) is 6.34. The van der Waals surface area contributed by atoms with E-state index in [1.54, 1.807) is 0 Å². The largest absolute Gasteiger partial charge is 0.342 e. The first-order valence-corrected chi connectivity index (χ1v) is 6.27. The van der Waals surface area contributed by atoms with E-state index in [1.165, 1.54) is 0 Å². The summed E-state index contributed by atoms with van der Waals surface area (Å²) in [6, 6.07) is 0. The molecule has 3 heteroatoms. The minimum absolute atomic E-state index is 0.0744. The fourth-order valence-electron chi connectivity index (χ4n) is 1.96. The van der Waals surface area contributed by atoms with Crippen molar-refractivity contribution in [3.8, 4) is 0 Å². The van der Waals surface area contributed by atoms with E-state index in [2.05, 4.69) is 33.4 Å². The minimum Gasteiger partial charge on any atom is -0.342 e. The molecule has 0 aromatic heterocycles. The molecule has 0 aromatic rings. The van der Waals surface area contributed by atoms with E-state index in [0.717, 1.165) is 19.5 Å². The lowest BCUT2D eigenvalue weighted by Gasteiger charge is -2.32. The molecule has 0 N–H and O–H groups in total. The Hall–Kier alpha value is -0.180. The van der Waals surface area contributed by atoms with E-state index in [4.69, 9.17) is 0 Å². The maximum Gasteiger partial charge on any atom is 0.222 e. The Bertz CT molecular complexity index is 202. The Morgan fingerprint density at radius 3 is 2.27 bits per heavy atom. The molecule has 90 valence electrons. The zero-order valence-corrected chi connectivity index (χ0v) is 11.6. The van der Waals surface area contributed by atoms with Gasteiger partial charge in [-0.2, -0.15) is 12.6 Å². The summed E-state index contributed by atoms with van der Waals surface area (Å²) in [6.07, 6.45) is 1.61. The molecule has 2 nitrogen and oxygen atoms in total. The zero-order chi connectivity index (χ0) is 12.1. The fraction of sp³-hybridized carbons (Fsp3) is 0.917. The minimum atomic E-state index is -0.0744. The predicted molar refractivity (Wildman–Crippen MR) is 69.4 cm³/mol. The smallest absolute Gasteiger partial charge is 0.222 e. The summed E-state index contributed by atoms with van der Waals surface area (Å²) in [6.45, 7) is 11.9. The number of thiol groups is 1. The van der Waals surface area contributed by atoms with Crippen molar-refractivity contribution in [2.45, 2.75) is 52.2 Å². The maximum absolute atomic E-state index is 11.6. The van der Waals surface area contributed by atoms with Crippen LogP contribution in [0.25, 0.3) is 0 Å². The topological polar surface area (TPSA) is 20.3 Å². The fourth-order valence-corrected chi connectivity index (χ4v) is 2.49. The van der Waals surface area contributed by atoms with Crippen LogP contribution in [0.15, 0.2) is 0 Å². The summed E-state index contributed by atoms with van der Waals surface area (Å²) in [5.41, 5.74) is 0. The summed E-state index contributed by atoms with van der Waals surface area (Å²) in [5.74, 6) is 0.837. The zero-order valence-electron chi connectivity index (χ0n) is 10.7. The highest BCUT2D eigenvalue weighted by atomic mass is 32.1. The Labute approximate surface area is 99.8 Å². The van der Waals surface area contributed by atoms with Gasteiger partial charge in [-0.15, -0.1) is 0 Å². The standard InChI is InChI=1S/C12H25NOS/c1-6-11(14)13(7-2)9-12(5,15)8-10(3)4/h10,15H,6-9H2,1-5H3. The number of carbonyl (C=O) groups is 1. The van der Waals surface area contributed by atoms with Gasteiger partial charge < -0.3 is 4.90 Å². The van der Waals surface area contributed by atoms with Gasteiger partial charge in [0.25, 0.3) is 0 Å². The molecule has 1 amide bonds. The van der Waals surface area contributed by atoms with Crippen LogP contribution in [0.5, 0.6) is 0 Å². The summed E-state index contributed by atoms with van der Waals surface area (Å²) < 4.78 is -0.0744. The third-order valence-electron chi connectivity index (χ3n) is 2.42. The summed E-state index contributed by atoms with van der Waals surface area (Å²) in [5, 5.41) is 0. The molecule has 0 saturated heterocycles. The van der Waals surface area contributed by atoms with Crippen LogP contribution >= 0.6 is 12.6 Å². The van der Waals surface area contributed by atoms with Gasteiger partial charge in [0.2, 0.25) is 5.91 Å². The highest BCUT2D eigenvalue weighted by Crippen LogP contribution is 2.24. The molecule has 1 unspecified atom stereocenters. The molecular weight excluding hydrogens is 206 g/mol. The van der Waals surface area contributed by atoms with Crippen LogP contribution in [0, 0.1) is 5.92 Å². The molecule has 0 fully saturated rings. The highest BCUT2D eigenvalue weighted by Gasteiger charge is 2.25. The molecule has 0 aliphatic rings. The number of amides is 1. The van der Waals surface area contributed by atoms with Gasteiger partial charge in [-0.1, -0.05) is 20.8 Å². The lowest BCUT2D eigenvalue weighted by Crippen LogP contribution is -2.41. The molecular formula is C12H25NOS. The first-order chi connectivity index (χ1) is 6.82. The number of rotatable bonds is 6. The molecule has 0 aromatic carbocycles. The van der Waals surface area contributed by atoms with Gasteiger partial charge in [0, 0.05) is 24.3 Å². The van der Waals surface area contributed by atoms with Gasteiger partial charge in [0.05, 0.1) is 0 Å². The molecule has 0 rings (SSSR count). The van der Waals surface area contributed by atoms with Crippen molar-refractivity contribution in [2.75, 3.05) is 13.1 Å². The van der Waals surface area contributed by atoms with E-state index < -0.39 is 0 Å². The average Bonchev–Trinajstić information content (AvgIpc) is 2.11.